The van der Waals surface area contributed by atoms with Crippen LogP contribution in [0.25, 0.3) is 0 Å². The number of esters is 1. The third-order valence-corrected chi connectivity index (χ3v) is 4.85. The molecule has 138 valence electrons. The lowest BCUT2D eigenvalue weighted by atomic mass is 9.68. The molecule has 2 aromatic rings. The van der Waals surface area contributed by atoms with Gasteiger partial charge in [-0.05, 0) is 44.4 Å². The second-order valence-electron chi connectivity index (χ2n) is 6.88. The quantitative estimate of drug-likeness (QED) is 0.726. The van der Waals surface area contributed by atoms with Gasteiger partial charge >= 0.3 is 5.97 Å². The van der Waals surface area contributed by atoms with E-state index in [2.05, 4.69) is 10.3 Å². The van der Waals surface area contributed by atoms with Gasteiger partial charge < -0.3 is 14.8 Å². The van der Waals surface area contributed by atoms with Crippen molar-refractivity contribution in [3.05, 3.63) is 53.7 Å². The van der Waals surface area contributed by atoms with Crippen LogP contribution >= 0.6 is 0 Å². The summed E-state index contributed by atoms with van der Waals surface area (Å²) in [6.45, 7) is 5.64. The van der Waals surface area contributed by atoms with E-state index in [1.54, 1.807) is 6.20 Å². The SMILES string of the molecule is CCOC(=O)C1(CNCc2ccc(Oc3ccc(C)cc3)nc2)CCC1. The van der Waals surface area contributed by atoms with Crippen LogP contribution in [0.4, 0.5) is 0 Å². The van der Waals surface area contributed by atoms with Gasteiger partial charge in [-0.15, -0.1) is 0 Å². The maximum absolute atomic E-state index is 12.1. The summed E-state index contributed by atoms with van der Waals surface area (Å²) in [4.78, 5) is 16.5. The summed E-state index contributed by atoms with van der Waals surface area (Å²) in [5.74, 6) is 1.27. The first-order valence-electron chi connectivity index (χ1n) is 9.19. The normalized spacial score (nSPS) is 15.2. The van der Waals surface area contributed by atoms with Crippen LogP contribution in [0.15, 0.2) is 42.6 Å². The molecule has 1 aliphatic rings. The Labute approximate surface area is 154 Å². The molecule has 1 fully saturated rings. The molecule has 0 radical (unpaired) electrons. The highest BCUT2D eigenvalue weighted by molar-refractivity contribution is 5.78. The predicted molar refractivity (Wildman–Crippen MR) is 100 cm³/mol. The number of hydrogen-bond donors (Lipinski definition) is 1. The Morgan fingerprint density at radius 2 is 1.96 bits per heavy atom. The highest BCUT2D eigenvalue weighted by Crippen LogP contribution is 2.41. The van der Waals surface area contributed by atoms with E-state index < -0.39 is 0 Å². The number of nitrogens with zero attached hydrogens (tertiary/aromatic N) is 1. The van der Waals surface area contributed by atoms with Gasteiger partial charge in [-0.2, -0.15) is 0 Å². The molecule has 5 nitrogen and oxygen atoms in total. The number of nitrogens with one attached hydrogen (secondary N) is 1. The summed E-state index contributed by atoms with van der Waals surface area (Å²) in [5, 5.41) is 3.38. The number of aromatic nitrogens is 1. The molecule has 1 aliphatic carbocycles. The molecule has 1 N–H and O–H groups in total. The Morgan fingerprint density at radius 1 is 1.19 bits per heavy atom. The lowest BCUT2D eigenvalue weighted by molar-refractivity contribution is -0.160. The number of carbonyl (C=O) groups is 1. The first kappa shape index (κ1) is 18.4. The fourth-order valence-corrected chi connectivity index (χ4v) is 3.09. The van der Waals surface area contributed by atoms with Crippen LogP contribution in [0.3, 0.4) is 0 Å². The van der Waals surface area contributed by atoms with Crippen LogP contribution < -0.4 is 10.1 Å². The molecule has 26 heavy (non-hydrogen) atoms. The molecular formula is C21H26N2O3. The van der Waals surface area contributed by atoms with Gasteiger partial charge in [-0.3, -0.25) is 4.79 Å². The minimum atomic E-state index is -0.335. The van der Waals surface area contributed by atoms with Gasteiger partial charge in [0, 0.05) is 25.4 Å². The lowest BCUT2D eigenvalue weighted by Crippen LogP contribution is -2.47. The Morgan fingerprint density at radius 3 is 2.54 bits per heavy atom. The third-order valence-electron chi connectivity index (χ3n) is 4.85. The number of benzene rings is 1. The van der Waals surface area contributed by atoms with Gasteiger partial charge in [0.05, 0.1) is 12.0 Å². The molecule has 3 rings (SSSR count). The molecule has 1 heterocycles. The molecule has 0 amide bonds. The van der Waals surface area contributed by atoms with E-state index in [1.807, 2.05) is 50.2 Å². The predicted octanol–water partition coefficient (Wildman–Crippen LogP) is 4.01. The lowest BCUT2D eigenvalue weighted by Gasteiger charge is -2.39. The van der Waals surface area contributed by atoms with Crippen LogP contribution in [-0.4, -0.2) is 24.1 Å². The zero-order valence-electron chi connectivity index (χ0n) is 15.5. The average molecular weight is 354 g/mol. The van der Waals surface area contributed by atoms with E-state index >= 15 is 0 Å². The minimum Gasteiger partial charge on any atom is -0.466 e. The van der Waals surface area contributed by atoms with E-state index in [0.29, 0.717) is 25.6 Å². The van der Waals surface area contributed by atoms with Crippen molar-refractivity contribution in [3.63, 3.8) is 0 Å². The smallest absolute Gasteiger partial charge is 0.313 e. The summed E-state index contributed by atoms with van der Waals surface area (Å²) in [5.41, 5.74) is 1.91. The number of pyridine rings is 1. The Hall–Kier alpha value is -2.40. The summed E-state index contributed by atoms with van der Waals surface area (Å²) in [7, 11) is 0. The van der Waals surface area contributed by atoms with Crippen molar-refractivity contribution >= 4 is 5.97 Å². The van der Waals surface area contributed by atoms with E-state index in [1.165, 1.54) is 5.56 Å². The topological polar surface area (TPSA) is 60.5 Å². The molecule has 0 unspecified atom stereocenters. The van der Waals surface area contributed by atoms with E-state index in [9.17, 15) is 4.79 Å². The average Bonchev–Trinajstić information content (AvgIpc) is 2.61. The number of carbonyl (C=O) groups excluding carboxylic acids is 1. The van der Waals surface area contributed by atoms with E-state index in [-0.39, 0.29) is 11.4 Å². The summed E-state index contributed by atoms with van der Waals surface area (Å²) >= 11 is 0. The molecule has 0 aliphatic heterocycles. The number of hydrogen-bond acceptors (Lipinski definition) is 5. The van der Waals surface area contributed by atoms with Crippen molar-refractivity contribution in [2.24, 2.45) is 5.41 Å². The summed E-state index contributed by atoms with van der Waals surface area (Å²) < 4.78 is 11.0. The van der Waals surface area contributed by atoms with Crippen molar-refractivity contribution in [1.29, 1.82) is 0 Å². The fourth-order valence-electron chi connectivity index (χ4n) is 3.09. The monoisotopic (exact) mass is 354 g/mol. The molecule has 1 aromatic heterocycles. The van der Waals surface area contributed by atoms with Crippen molar-refractivity contribution < 1.29 is 14.3 Å². The molecule has 0 bridgehead atoms. The molecule has 1 saturated carbocycles. The van der Waals surface area contributed by atoms with Gasteiger partial charge in [0.15, 0.2) is 0 Å². The van der Waals surface area contributed by atoms with Crippen LogP contribution in [0.5, 0.6) is 11.6 Å². The van der Waals surface area contributed by atoms with Gasteiger partial charge in [0.1, 0.15) is 5.75 Å². The van der Waals surface area contributed by atoms with Gasteiger partial charge in [0.2, 0.25) is 5.88 Å². The molecule has 0 saturated heterocycles. The van der Waals surface area contributed by atoms with Gasteiger partial charge in [-0.1, -0.05) is 30.2 Å². The Bertz CT molecular complexity index is 722. The second-order valence-corrected chi connectivity index (χ2v) is 6.88. The molecule has 0 spiro atoms. The zero-order chi connectivity index (χ0) is 18.4. The first-order valence-corrected chi connectivity index (χ1v) is 9.19. The maximum Gasteiger partial charge on any atom is 0.313 e. The summed E-state index contributed by atoms with van der Waals surface area (Å²) in [6.07, 6.45) is 4.70. The second kappa shape index (κ2) is 8.32. The van der Waals surface area contributed by atoms with Gasteiger partial charge in [0.25, 0.3) is 0 Å². The largest absolute Gasteiger partial charge is 0.466 e. The standard InChI is InChI=1S/C21H26N2O3/c1-3-25-20(24)21(11-4-12-21)15-22-13-17-7-10-19(23-14-17)26-18-8-5-16(2)6-9-18/h5-10,14,22H,3-4,11-13,15H2,1-2H3. The van der Waals surface area contributed by atoms with Gasteiger partial charge in [-0.25, -0.2) is 4.98 Å². The number of rotatable bonds is 8. The third kappa shape index (κ3) is 4.41. The van der Waals surface area contributed by atoms with Crippen LogP contribution in [-0.2, 0) is 16.1 Å². The van der Waals surface area contributed by atoms with E-state index in [0.717, 1.165) is 30.6 Å². The molecule has 1 aromatic carbocycles. The van der Waals surface area contributed by atoms with Crippen molar-refractivity contribution in [3.8, 4) is 11.6 Å². The van der Waals surface area contributed by atoms with Crippen LogP contribution in [0.1, 0.15) is 37.3 Å². The van der Waals surface area contributed by atoms with Crippen LogP contribution in [0, 0.1) is 12.3 Å². The highest BCUT2D eigenvalue weighted by atomic mass is 16.5. The van der Waals surface area contributed by atoms with Crippen molar-refractivity contribution in [2.45, 2.75) is 39.7 Å². The Balaban J connectivity index is 1.50. The Kier molecular flexibility index (Phi) is 5.89. The zero-order valence-corrected chi connectivity index (χ0v) is 15.5. The minimum absolute atomic E-state index is 0.0706. The van der Waals surface area contributed by atoms with Crippen LogP contribution in [0.2, 0.25) is 0 Å². The molecule has 5 heteroatoms. The number of ether oxygens (including phenoxy) is 2. The van der Waals surface area contributed by atoms with Crippen molar-refractivity contribution in [2.75, 3.05) is 13.2 Å². The highest BCUT2D eigenvalue weighted by Gasteiger charge is 2.45. The fraction of sp³-hybridized carbons (Fsp3) is 0.429. The van der Waals surface area contributed by atoms with Crippen molar-refractivity contribution in [1.82, 2.24) is 10.3 Å². The summed E-state index contributed by atoms with van der Waals surface area (Å²) in [6, 6.07) is 11.7. The molecule has 0 atom stereocenters. The number of aryl methyl sites for hydroxylation is 1. The molecular weight excluding hydrogens is 328 g/mol. The first-order chi connectivity index (χ1) is 12.6. The maximum atomic E-state index is 12.1. The van der Waals surface area contributed by atoms with E-state index in [4.69, 9.17) is 9.47 Å².